The number of para-hydroxylation sites is 2. The highest BCUT2D eigenvalue weighted by molar-refractivity contribution is 7.22. The third-order valence-corrected chi connectivity index (χ3v) is 6.15. The molecule has 0 unspecified atom stereocenters. The van der Waals surface area contributed by atoms with Gasteiger partial charge in [-0.15, -0.1) is 0 Å². The van der Waals surface area contributed by atoms with E-state index in [1.54, 1.807) is 16.2 Å². The number of quaternary nitrogens is 1. The second-order valence-electron chi connectivity index (χ2n) is 7.74. The number of benzene rings is 2. The normalized spacial score (nSPS) is 15.7. The summed E-state index contributed by atoms with van der Waals surface area (Å²) in [7, 11) is 4.15. The molecule has 1 aliphatic rings. The van der Waals surface area contributed by atoms with Crippen LogP contribution in [0.2, 0.25) is 0 Å². The molecule has 3 aromatic rings. The zero-order chi connectivity index (χ0) is 20.5. The molecular weight excluding hydrogens is 386 g/mol. The number of thiazole rings is 1. The Morgan fingerprint density at radius 1 is 1.24 bits per heavy atom. The van der Waals surface area contributed by atoms with Gasteiger partial charge in [0.2, 0.25) is 6.10 Å². The minimum absolute atomic E-state index is 0.116. The summed E-state index contributed by atoms with van der Waals surface area (Å²) in [5.41, 5.74) is 3.28. The van der Waals surface area contributed by atoms with Gasteiger partial charge in [-0.25, -0.2) is 4.98 Å². The first kappa shape index (κ1) is 19.7. The highest BCUT2D eigenvalue weighted by atomic mass is 32.1. The van der Waals surface area contributed by atoms with Gasteiger partial charge < -0.3 is 14.4 Å². The molecule has 1 aliphatic heterocycles. The van der Waals surface area contributed by atoms with Gasteiger partial charge >= 0.3 is 0 Å². The van der Waals surface area contributed by atoms with Crippen LogP contribution >= 0.6 is 11.3 Å². The molecule has 7 heteroatoms. The minimum atomic E-state index is -0.683. The van der Waals surface area contributed by atoms with E-state index in [-0.39, 0.29) is 12.5 Å². The number of amides is 1. The Labute approximate surface area is 174 Å². The molecule has 4 rings (SSSR count). The van der Waals surface area contributed by atoms with Gasteiger partial charge in [-0.1, -0.05) is 29.5 Å². The molecule has 1 aromatic heterocycles. The molecule has 0 fully saturated rings. The van der Waals surface area contributed by atoms with Crippen molar-refractivity contribution in [2.45, 2.75) is 20.0 Å². The molecule has 6 nitrogen and oxygen atoms in total. The predicted molar refractivity (Wildman–Crippen MR) is 115 cm³/mol. The molecular formula is C22H26N3O3S+. The Hall–Kier alpha value is -2.64. The molecule has 1 N–H and O–H groups in total. The number of ether oxygens (including phenoxy) is 2. The van der Waals surface area contributed by atoms with E-state index >= 15 is 0 Å². The lowest BCUT2D eigenvalue weighted by Gasteiger charge is -2.29. The van der Waals surface area contributed by atoms with Gasteiger partial charge in [-0.3, -0.25) is 9.69 Å². The van der Waals surface area contributed by atoms with E-state index in [1.165, 1.54) is 16.0 Å². The fourth-order valence-corrected chi connectivity index (χ4v) is 4.48. The summed E-state index contributed by atoms with van der Waals surface area (Å²) in [6, 6.07) is 11.7. The summed E-state index contributed by atoms with van der Waals surface area (Å²) >= 11 is 1.56. The van der Waals surface area contributed by atoms with Crippen molar-refractivity contribution >= 4 is 32.6 Å². The third-order valence-electron chi connectivity index (χ3n) is 4.93. The summed E-state index contributed by atoms with van der Waals surface area (Å²) in [5.74, 6) is 1.16. The van der Waals surface area contributed by atoms with Crippen molar-refractivity contribution in [2.75, 3.05) is 38.7 Å². The van der Waals surface area contributed by atoms with Crippen molar-refractivity contribution in [3.8, 4) is 11.5 Å². The van der Waals surface area contributed by atoms with Gasteiger partial charge in [-0.05, 0) is 43.2 Å². The van der Waals surface area contributed by atoms with Gasteiger partial charge in [-0.2, -0.15) is 0 Å². The van der Waals surface area contributed by atoms with Crippen molar-refractivity contribution in [3.05, 3.63) is 47.5 Å². The van der Waals surface area contributed by atoms with Crippen molar-refractivity contribution in [1.82, 2.24) is 4.98 Å². The number of hydrogen-bond donors (Lipinski definition) is 1. The Balaban J connectivity index is 1.65. The van der Waals surface area contributed by atoms with Gasteiger partial charge in [0.15, 0.2) is 16.6 Å². The van der Waals surface area contributed by atoms with E-state index in [9.17, 15) is 4.79 Å². The zero-order valence-electron chi connectivity index (χ0n) is 17.2. The summed E-state index contributed by atoms with van der Waals surface area (Å²) in [4.78, 5) is 21.2. The number of likely N-dealkylation sites (N-methyl/N-ethyl adjacent to an activating group) is 1. The van der Waals surface area contributed by atoms with E-state index in [2.05, 4.69) is 40.1 Å². The van der Waals surface area contributed by atoms with Gasteiger partial charge in [0.25, 0.3) is 5.91 Å². The predicted octanol–water partition coefficient (Wildman–Crippen LogP) is 2.23. The standard InChI is InChI=1S/C22H25N3O3S/c1-14-11-15(2)20-16(12-14)23-22(29-20)25(10-9-24(3)4)21(26)19-13-27-17-7-5-6-8-18(17)28-19/h5-8,11-12,19H,9-10,13H2,1-4H3/p+1/t19-/m0/s1. The third kappa shape index (κ3) is 4.06. The molecule has 0 bridgehead atoms. The second-order valence-corrected chi connectivity index (χ2v) is 8.72. The van der Waals surface area contributed by atoms with E-state index in [0.717, 1.165) is 16.8 Å². The number of anilines is 1. The monoisotopic (exact) mass is 412 g/mol. The molecule has 0 saturated carbocycles. The average Bonchev–Trinajstić information content (AvgIpc) is 3.11. The first-order valence-electron chi connectivity index (χ1n) is 9.79. The van der Waals surface area contributed by atoms with Crippen molar-refractivity contribution in [2.24, 2.45) is 0 Å². The fourth-order valence-electron chi connectivity index (χ4n) is 3.43. The van der Waals surface area contributed by atoms with Crippen LogP contribution in [0.15, 0.2) is 36.4 Å². The molecule has 0 spiro atoms. The lowest BCUT2D eigenvalue weighted by molar-refractivity contribution is -0.856. The van der Waals surface area contributed by atoms with Gasteiger partial charge in [0.05, 0.1) is 37.4 Å². The number of fused-ring (bicyclic) bond motifs is 2. The van der Waals surface area contributed by atoms with E-state index in [4.69, 9.17) is 14.5 Å². The largest absolute Gasteiger partial charge is 0.485 e. The van der Waals surface area contributed by atoms with Crippen LogP contribution < -0.4 is 19.3 Å². The maximum absolute atomic E-state index is 13.4. The zero-order valence-corrected chi connectivity index (χ0v) is 18.0. The highest BCUT2D eigenvalue weighted by Gasteiger charge is 2.33. The van der Waals surface area contributed by atoms with Crippen LogP contribution in [-0.4, -0.2) is 50.8 Å². The van der Waals surface area contributed by atoms with Crippen LogP contribution in [0.4, 0.5) is 5.13 Å². The molecule has 0 radical (unpaired) electrons. The van der Waals surface area contributed by atoms with E-state index < -0.39 is 6.10 Å². The number of carbonyl (C=O) groups is 1. The average molecular weight is 413 g/mol. The maximum atomic E-state index is 13.4. The lowest BCUT2D eigenvalue weighted by Crippen LogP contribution is -3.06. The number of nitrogens with zero attached hydrogens (tertiary/aromatic N) is 2. The van der Waals surface area contributed by atoms with Crippen molar-refractivity contribution in [1.29, 1.82) is 0 Å². The minimum Gasteiger partial charge on any atom is -0.485 e. The van der Waals surface area contributed by atoms with Crippen LogP contribution in [0.3, 0.4) is 0 Å². The van der Waals surface area contributed by atoms with Crippen molar-refractivity contribution in [3.63, 3.8) is 0 Å². The molecule has 29 heavy (non-hydrogen) atoms. The van der Waals surface area contributed by atoms with Crippen LogP contribution in [0.1, 0.15) is 11.1 Å². The number of aryl methyl sites for hydroxylation is 2. The van der Waals surface area contributed by atoms with E-state index in [0.29, 0.717) is 23.2 Å². The number of hydrogen-bond acceptors (Lipinski definition) is 5. The summed E-state index contributed by atoms with van der Waals surface area (Å²) in [6.45, 7) is 5.73. The highest BCUT2D eigenvalue weighted by Crippen LogP contribution is 2.34. The lowest BCUT2D eigenvalue weighted by atomic mass is 10.1. The van der Waals surface area contributed by atoms with E-state index in [1.807, 2.05) is 24.3 Å². The Kier molecular flexibility index (Phi) is 5.43. The van der Waals surface area contributed by atoms with Crippen LogP contribution in [0.25, 0.3) is 10.2 Å². The number of aromatic nitrogens is 1. The second kappa shape index (κ2) is 8.00. The molecule has 1 amide bonds. The first-order chi connectivity index (χ1) is 13.9. The molecule has 2 heterocycles. The van der Waals surface area contributed by atoms with Crippen molar-refractivity contribution < 1.29 is 19.2 Å². The van der Waals surface area contributed by atoms with Crippen LogP contribution in [0, 0.1) is 13.8 Å². The molecule has 2 aromatic carbocycles. The van der Waals surface area contributed by atoms with Crippen LogP contribution in [0.5, 0.6) is 11.5 Å². The number of carbonyl (C=O) groups excluding carboxylic acids is 1. The molecule has 152 valence electrons. The molecule has 1 atom stereocenters. The van der Waals surface area contributed by atoms with Crippen LogP contribution in [-0.2, 0) is 4.79 Å². The topological polar surface area (TPSA) is 56.1 Å². The number of nitrogens with one attached hydrogen (secondary N) is 1. The summed E-state index contributed by atoms with van der Waals surface area (Å²) in [6.07, 6.45) is -0.683. The molecule has 0 aliphatic carbocycles. The summed E-state index contributed by atoms with van der Waals surface area (Å²) < 4.78 is 12.9. The Bertz CT molecular complexity index is 1050. The fraction of sp³-hybridized carbons (Fsp3) is 0.364. The Morgan fingerprint density at radius 3 is 2.76 bits per heavy atom. The number of rotatable bonds is 5. The quantitative estimate of drug-likeness (QED) is 0.698. The first-order valence-corrected chi connectivity index (χ1v) is 10.6. The van der Waals surface area contributed by atoms with Gasteiger partial charge in [0.1, 0.15) is 6.61 Å². The summed E-state index contributed by atoms with van der Waals surface area (Å²) in [5, 5.41) is 0.711. The smallest absolute Gasteiger partial charge is 0.273 e. The molecule has 0 saturated heterocycles. The maximum Gasteiger partial charge on any atom is 0.273 e. The Morgan fingerprint density at radius 2 is 2.00 bits per heavy atom. The SMILES string of the molecule is Cc1cc(C)c2sc(N(CC[NH+](C)C)C(=O)[C@@H]3COc4ccccc4O3)nc2c1. The van der Waals surface area contributed by atoms with Gasteiger partial charge in [0, 0.05) is 0 Å².